The van der Waals surface area contributed by atoms with Crippen LogP contribution in [-0.2, 0) is 4.74 Å². The maximum absolute atomic E-state index is 12.2. The van der Waals surface area contributed by atoms with Gasteiger partial charge in [0.2, 0.25) is 0 Å². The minimum absolute atomic E-state index is 0.195. The molecular weight excluding hydrogens is 380 g/mol. The van der Waals surface area contributed by atoms with E-state index in [1.165, 1.54) is 30.3 Å². The van der Waals surface area contributed by atoms with Gasteiger partial charge in [-0.15, -0.1) is 0 Å². The number of carbonyl (C=O) groups is 3. The molecule has 0 aliphatic rings. The third-order valence-electron chi connectivity index (χ3n) is 3.82. The third kappa shape index (κ3) is 4.84. The Labute approximate surface area is 166 Å². The quantitative estimate of drug-likeness (QED) is 0.347. The van der Waals surface area contributed by atoms with Gasteiger partial charge in [-0.1, -0.05) is 41.9 Å². The molecule has 0 bridgehead atoms. The fraction of sp³-hybridized carbons (Fsp3) is 0.0455. The second-order valence-corrected chi connectivity index (χ2v) is 6.17. The number of carbonyl (C=O) groups excluding carboxylic acids is 3. The molecule has 28 heavy (non-hydrogen) atoms. The lowest BCUT2D eigenvalue weighted by molar-refractivity contribution is 0.0474. The molecule has 3 rings (SSSR count). The van der Waals surface area contributed by atoms with Gasteiger partial charge in [-0.05, 0) is 48.5 Å². The summed E-state index contributed by atoms with van der Waals surface area (Å²) in [5.41, 5.74) is 0.945. The summed E-state index contributed by atoms with van der Waals surface area (Å²) in [6, 6.07) is 21.0. The molecule has 0 aliphatic carbocycles. The zero-order valence-corrected chi connectivity index (χ0v) is 15.4. The van der Waals surface area contributed by atoms with Crippen LogP contribution in [0.1, 0.15) is 31.1 Å². The Hall–Kier alpha value is -3.44. The van der Waals surface area contributed by atoms with Crippen LogP contribution in [0.15, 0.2) is 78.9 Å². The van der Waals surface area contributed by atoms with Gasteiger partial charge in [0, 0.05) is 5.56 Å². The van der Waals surface area contributed by atoms with Crippen molar-refractivity contribution in [2.75, 3.05) is 6.61 Å². The molecule has 0 unspecified atom stereocenters. The molecule has 0 atom stereocenters. The molecule has 0 saturated carbocycles. The minimum atomic E-state index is -0.674. The number of benzene rings is 3. The molecule has 5 nitrogen and oxygen atoms in total. The van der Waals surface area contributed by atoms with Crippen molar-refractivity contribution in [2.45, 2.75) is 0 Å². The highest BCUT2D eigenvalue weighted by atomic mass is 35.5. The first-order chi connectivity index (χ1) is 13.5. The lowest BCUT2D eigenvalue weighted by Crippen LogP contribution is -2.14. The molecule has 0 spiro atoms. The lowest BCUT2D eigenvalue weighted by atomic mass is 10.1. The molecule has 0 N–H and O–H groups in total. The van der Waals surface area contributed by atoms with Crippen molar-refractivity contribution in [2.24, 2.45) is 0 Å². The van der Waals surface area contributed by atoms with E-state index in [1.54, 1.807) is 48.5 Å². The number of halogens is 1. The van der Waals surface area contributed by atoms with E-state index >= 15 is 0 Å². The van der Waals surface area contributed by atoms with Gasteiger partial charge in [-0.25, -0.2) is 9.59 Å². The molecular formula is C22H15ClO5. The Balaban J connectivity index is 1.57. The molecule has 3 aromatic carbocycles. The summed E-state index contributed by atoms with van der Waals surface area (Å²) >= 11 is 5.93. The molecule has 0 radical (unpaired) electrons. The predicted octanol–water partition coefficient (Wildman–Crippen LogP) is 4.60. The molecule has 0 aromatic heterocycles. The number of ketones is 1. The molecule has 0 amide bonds. The van der Waals surface area contributed by atoms with E-state index in [1.807, 2.05) is 0 Å². The first kappa shape index (κ1) is 19.3. The Kier molecular flexibility index (Phi) is 6.19. The molecule has 0 aliphatic heterocycles. The van der Waals surface area contributed by atoms with Crippen molar-refractivity contribution >= 4 is 29.3 Å². The lowest BCUT2D eigenvalue weighted by Gasteiger charge is -2.07. The van der Waals surface area contributed by atoms with Crippen LogP contribution < -0.4 is 4.74 Å². The fourth-order valence-electron chi connectivity index (χ4n) is 2.37. The van der Waals surface area contributed by atoms with Crippen LogP contribution >= 0.6 is 11.6 Å². The van der Waals surface area contributed by atoms with Crippen molar-refractivity contribution in [1.29, 1.82) is 0 Å². The van der Waals surface area contributed by atoms with Gasteiger partial charge in [0.15, 0.2) is 12.4 Å². The zero-order chi connectivity index (χ0) is 19.9. The van der Waals surface area contributed by atoms with Crippen LogP contribution in [0.2, 0.25) is 5.02 Å². The van der Waals surface area contributed by atoms with Crippen molar-refractivity contribution in [3.05, 3.63) is 101 Å². The summed E-state index contributed by atoms with van der Waals surface area (Å²) in [6.07, 6.45) is 0. The summed E-state index contributed by atoms with van der Waals surface area (Å²) in [4.78, 5) is 36.2. The number of ether oxygens (including phenoxy) is 2. The van der Waals surface area contributed by atoms with Gasteiger partial charge in [0.05, 0.1) is 16.1 Å². The van der Waals surface area contributed by atoms with Crippen molar-refractivity contribution < 1.29 is 23.9 Å². The van der Waals surface area contributed by atoms with Gasteiger partial charge >= 0.3 is 11.9 Å². The molecule has 140 valence electrons. The number of Topliss-reactive ketones (excluding diaryl/α,β-unsaturated/α-hetero) is 1. The van der Waals surface area contributed by atoms with E-state index < -0.39 is 18.5 Å². The average molecular weight is 395 g/mol. The summed E-state index contributed by atoms with van der Waals surface area (Å²) in [5.74, 6) is -1.25. The summed E-state index contributed by atoms with van der Waals surface area (Å²) < 4.78 is 10.3. The van der Waals surface area contributed by atoms with Crippen LogP contribution in [-0.4, -0.2) is 24.3 Å². The molecule has 0 saturated heterocycles. The van der Waals surface area contributed by atoms with Crippen LogP contribution in [0.3, 0.4) is 0 Å². The minimum Gasteiger partial charge on any atom is -0.454 e. The largest absolute Gasteiger partial charge is 0.454 e. The van der Waals surface area contributed by atoms with Crippen molar-refractivity contribution in [3.8, 4) is 5.75 Å². The monoisotopic (exact) mass is 394 g/mol. The molecule has 0 heterocycles. The number of hydrogen-bond acceptors (Lipinski definition) is 5. The van der Waals surface area contributed by atoms with Crippen LogP contribution in [0.25, 0.3) is 0 Å². The SMILES string of the molecule is O=C(COC(=O)c1ccccc1Cl)c1ccc(OC(=O)c2ccccc2)cc1. The Bertz CT molecular complexity index is 997. The maximum Gasteiger partial charge on any atom is 0.343 e. The van der Waals surface area contributed by atoms with E-state index in [4.69, 9.17) is 21.1 Å². The van der Waals surface area contributed by atoms with Crippen LogP contribution in [0, 0.1) is 0 Å². The highest BCUT2D eigenvalue weighted by Crippen LogP contribution is 2.17. The number of hydrogen-bond donors (Lipinski definition) is 0. The van der Waals surface area contributed by atoms with E-state index in [9.17, 15) is 14.4 Å². The van der Waals surface area contributed by atoms with Crippen LogP contribution in [0.5, 0.6) is 5.75 Å². The second kappa shape index (κ2) is 8.97. The summed E-state index contributed by atoms with van der Waals surface area (Å²) in [7, 11) is 0. The van der Waals surface area contributed by atoms with E-state index in [2.05, 4.69) is 0 Å². The maximum atomic E-state index is 12.2. The van der Waals surface area contributed by atoms with Gasteiger partial charge in [0.1, 0.15) is 5.75 Å². The van der Waals surface area contributed by atoms with Gasteiger partial charge < -0.3 is 9.47 Å². The number of rotatable bonds is 6. The smallest absolute Gasteiger partial charge is 0.343 e. The average Bonchev–Trinajstić information content (AvgIpc) is 2.73. The molecule has 3 aromatic rings. The highest BCUT2D eigenvalue weighted by Gasteiger charge is 2.15. The van der Waals surface area contributed by atoms with Gasteiger partial charge in [-0.3, -0.25) is 4.79 Å². The Morgan fingerprint density at radius 1 is 0.714 bits per heavy atom. The van der Waals surface area contributed by atoms with Crippen molar-refractivity contribution in [1.82, 2.24) is 0 Å². The predicted molar refractivity (Wildman–Crippen MR) is 104 cm³/mol. The second-order valence-electron chi connectivity index (χ2n) is 5.76. The third-order valence-corrected chi connectivity index (χ3v) is 4.15. The normalized spacial score (nSPS) is 10.2. The summed E-state index contributed by atoms with van der Waals surface area (Å²) in [6.45, 7) is -0.423. The molecule has 0 fully saturated rings. The highest BCUT2D eigenvalue weighted by molar-refractivity contribution is 6.33. The van der Waals surface area contributed by atoms with Crippen molar-refractivity contribution in [3.63, 3.8) is 0 Å². The zero-order valence-electron chi connectivity index (χ0n) is 14.6. The number of esters is 2. The van der Waals surface area contributed by atoms with E-state index in [0.717, 1.165) is 0 Å². The topological polar surface area (TPSA) is 69.7 Å². The fourth-order valence-corrected chi connectivity index (χ4v) is 2.58. The Morgan fingerprint density at radius 2 is 1.36 bits per heavy atom. The first-order valence-electron chi connectivity index (χ1n) is 8.37. The Morgan fingerprint density at radius 3 is 2.04 bits per heavy atom. The summed E-state index contributed by atoms with van der Waals surface area (Å²) in [5, 5.41) is 0.254. The standard InChI is InChI=1S/C22H15ClO5/c23-19-9-5-4-8-18(19)22(26)27-14-20(24)15-10-12-17(13-11-15)28-21(25)16-6-2-1-3-7-16/h1-13H,14H2. The first-order valence-corrected chi connectivity index (χ1v) is 8.74. The van der Waals surface area contributed by atoms with Crippen LogP contribution in [0.4, 0.5) is 0 Å². The molecule has 6 heteroatoms. The van der Waals surface area contributed by atoms with E-state index in [-0.39, 0.29) is 16.4 Å². The van der Waals surface area contributed by atoms with E-state index in [0.29, 0.717) is 16.9 Å². The van der Waals surface area contributed by atoms with Gasteiger partial charge in [-0.2, -0.15) is 0 Å². The van der Waals surface area contributed by atoms with Gasteiger partial charge in [0.25, 0.3) is 0 Å².